The Morgan fingerprint density at radius 1 is 1.12 bits per heavy atom. The van der Waals surface area contributed by atoms with E-state index in [-0.39, 0.29) is 28.8 Å². The predicted octanol–water partition coefficient (Wildman–Crippen LogP) is 3.70. The van der Waals surface area contributed by atoms with Crippen LogP contribution in [-0.2, 0) is 27.8 Å². The van der Waals surface area contributed by atoms with Crippen molar-refractivity contribution >= 4 is 50.2 Å². The molecule has 0 aliphatic carbocycles. The Hall–Kier alpha value is -2.69. The van der Waals surface area contributed by atoms with Gasteiger partial charge in [0.05, 0.1) is 28.1 Å². The number of ketones is 1. The molecule has 1 saturated heterocycles. The summed E-state index contributed by atoms with van der Waals surface area (Å²) in [6, 6.07) is 10.4. The molecule has 2 aliphatic heterocycles. The Labute approximate surface area is 202 Å². The molecule has 0 bridgehead atoms. The highest BCUT2D eigenvalue weighted by Crippen LogP contribution is 2.29. The summed E-state index contributed by atoms with van der Waals surface area (Å²) >= 11 is 1.34. The number of aryl methyl sites for hydroxylation is 1. The predicted molar refractivity (Wildman–Crippen MR) is 132 cm³/mol. The zero-order valence-corrected chi connectivity index (χ0v) is 20.5. The summed E-state index contributed by atoms with van der Waals surface area (Å²) in [6.45, 7) is 3.76. The molecule has 5 rings (SSSR count). The Balaban J connectivity index is 1.37. The number of Topliss-reactive ketones (excluding diaryl/α,β-unsaturated/α-hetero) is 1. The quantitative estimate of drug-likeness (QED) is 0.394. The number of thioether (sulfide) groups is 1. The lowest BCUT2D eigenvalue weighted by molar-refractivity contribution is -0.115. The summed E-state index contributed by atoms with van der Waals surface area (Å²) in [5.74, 6) is 0.0881. The molecule has 10 heteroatoms. The van der Waals surface area contributed by atoms with Gasteiger partial charge in [-0.05, 0) is 61.7 Å². The van der Waals surface area contributed by atoms with Gasteiger partial charge in [-0.2, -0.15) is 4.31 Å². The SMILES string of the molecule is CCn1c(SCC(=O)c2ccc3c(c2)CC(=O)N3)nc2cc(S(=O)(=O)N3CCCCC3)ccc21. The molecular weight excluding hydrogens is 472 g/mol. The van der Waals surface area contributed by atoms with Crippen molar-refractivity contribution in [3.05, 3.63) is 47.5 Å². The second-order valence-electron chi connectivity index (χ2n) is 8.56. The molecule has 1 N–H and O–H groups in total. The summed E-state index contributed by atoms with van der Waals surface area (Å²) in [6.07, 6.45) is 3.12. The largest absolute Gasteiger partial charge is 0.326 e. The zero-order valence-electron chi connectivity index (χ0n) is 18.9. The number of sulfonamides is 1. The van der Waals surface area contributed by atoms with Gasteiger partial charge in [0.1, 0.15) is 0 Å². The molecule has 34 heavy (non-hydrogen) atoms. The van der Waals surface area contributed by atoms with Gasteiger partial charge in [-0.25, -0.2) is 13.4 Å². The number of hydrogen-bond acceptors (Lipinski definition) is 6. The van der Waals surface area contributed by atoms with E-state index in [2.05, 4.69) is 10.3 Å². The van der Waals surface area contributed by atoms with Crippen molar-refractivity contribution in [2.45, 2.75) is 49.2 Å². The molecule has 2 aromatic carbocycles. The summed E-state index contributed by atoms with van der Waals surface area (Å²) in [5, 5.41) is 3.45. The maximum absolute atomic E-state index is 13.1. The number of nitrogens with one attached hydrogen (secondary N) is 1. The lowest BCUT2D eigenvalue weighted by atomic mass is 10.1. The first kappa shape index (κ1) is 23.1. The fourth-order valence-corrected chi connectivity index (χ4v) is 7.04. The number of piperidine rings is 1. The highest BCUT2D eigenvalue weighted by molar-refractivity contribution is 7.99. The van der Waals surface area contributed by atoms with Crippen LogP contribution in [0.5, 0.6) is 0 Å². The molecule has 3 aromatic rings. The number of carbonyl (C=O) groups excluding carboxylic acids is 2. The van der Waals surface area contributed by atoms with E-state index in [0.717, 1.165) is 36.0 Å². The smallest absolute Gasteiger partial charge is 0.243 e. The first-order valence-electron chi connectivity index (χ1n) is 11.5. The Morgan fingerprint density at radius 3 is 2.68 bits per heavy atom. The van der Waals surface area contributed by atoms with E-state index in [9.17, 15) is 18.0 Å². The average molecular weight is 499 g/mol. The number of benzene rings is 2. The van der Waals surface area contributed by atoms with Gasteiger partial charge in [-0.1, -0.05) is 18.2 Å². The van der Waals surface area contributed by atoms with E-state index in [1.807, 2.05) is 11.5 Å². The molecule has 3 heterocycles. The van der Waals surface area contributed by atoms with Crippen LogP contribution in [0.15, 0.2) is 46.5 Å². The van der Waals surface area contributed by atoms with Gasteiger partial charge in [0, 0.05) is 30.9 Å². The lowest BCUT2D eigenvalue weighted by Gasteiger charge is -2.25. The molecule has 0 spiro atoms. The monoisotopic (exact) mass is 498 g/mol. The van der Waals surface area contributed by atoms with Crippen molar-refractivity contribution in [3.8, 4) is 0 Å². The standard InChI is InChI=1S/C24H26N4O4S2/c1-2-28-21-9-7-18(34(31,32)27-10-4-3-5-11-27)14-20(21)26-24(28)33-15-22(29)16-6-8-19-17(12-16)13-23(30)25-19/h6-9,12,14H,2-5,10-11,13,15H2,1H3,(H,25,30). The second kappa shape index (κ2) is 9.16. The van der Waals surface area contributed by atoms with Crippen molar-refractivity contribution in [2.24, 2.45) is 0 Å². The van der Waals surface area contributed by atoms with Gasteiger partial charge in [-0.15, -0.1) is 0 Å². The first-order chi connectivity index (χ1) is 16.4. The molecule has 2 aliphatic rings. The van der Waals surface area contributed by atoms with Gasteiger partial charge in [0.15, 0.2) is 10.9 Å². The maximum Gasteiger partial charge on any atom is 0.243 e. The highest BCUT2D eigenvalue weighted by Gasteiger charge is 2.27. The number of anilines is 1. The van der Waals surface area contributed by atoms with Crippen LogP contribution in [0.25, 0.3) is 11.0 Å². The van der Waals surface area contributed by atoms with E-state index in [1.165, 1.54) is 11.8 Å². The number of nitrogens with zero attached hydrogens (tertiary/aromatic N) is 3. The summed E-state index contributed by atoms with van der Waals surface area (Å²) in [4.78, 5) is 29.3. The Morgan fingerprint density at radius 2 is 1.91 bits per heavy atom. The number of amides is 1. The fraction of sp³-hybridized carbons (Fsp3) is 0.375. The molecule has 0 atom stereocenters. The van der Waals surface area contributed by atoms with Crippen molar-refractivity contribution in [1.29, 1.82) is 0 Å². The summed E-state index contributed by atoms with van der Waals surface area (Å²) < 4.78 is 29.7. The van der Waals surface area contributed by atoms with Crippen LogP contribution in [0.2, 0.25) is 0 Å². The number of aromatic nitrogens is 2. The van der Waals surface area contributed by atoms with Crippen LogP contribution in [0, 0.1) is 0 Å². The van der Waals surface area contributed by atoms with Crippen molar-refractivity contribution in [2.75, 3.05) is 24.2 Å². The number of fused-ring (bicyclic) bond motifs is 2. The average Bonchev–Trinajstić information content (AvgIpc) is 3.40. The molecule has 1 aromatic heterocycles. The van der Waals surface area contributed by atoms with Crippen molar-refractivity contribution < 1.29 is 18.0 Å². The molecule has 8 nitrogen and oxygen atoms in total. The minimum Gasteiger partial charge on any atom is -0.326 e. The molecular formula is C24H26N4O4S2. The normalized spacial score (nSPS) is 16.6. The third kappa shape index (κ3) is 4.25. The molecule has 1 fully saturated rings. The number of rotatable bonds is 7. The molecule has 0 saturated carbocycles. The summed E-state index contributed by atoms with van der Waals surface area (Å²) in [5.41, 5.74) is 3.62. The molecule has 0 radical (unpaired) electrons. The van der Waals surface area contributed by atoms with Crippen LogP contribution in [0.1, 0.15) is 42.1 Å². The molecule has 178 valence electrons. The maximum atomic E-state index is 13.1. The molecule has 0 unspecified atom stereocenters. The van der Waals surface area contributed by atoms with Crippen LogP contribution >= 0.6 is 11.8 Å². The highest BCUT2D eigenvalue weighted by atomic mass is 32.2. The van der Waals surface area contributed by atoms with Crippen molar-refractivity contribution in [1.82, 2.24) is 13.9 Å². The minimum atomic E-state index is -3.54. The van der Waals surface area contributed by atoms with E-state index >= 15 is 0 Å². The Bertz CT molecular complexity index is 1390. The third-order valence-electron chi connectivity index (χ3n) is 6.34. The van der Waals surface area contributed by atoms with Crippen LogP contribution in [-0.4, -0.2) is 52.8 Å². The van der Waals surface area contributed by atoms with Gasteiger partial charge in [-0.3, -0.25) is 9.59 Å². The van der Waals surface area contributed by atoms with Crippen LogP contribution < -0.4 is 5.32 Å². The van der Waals surface area contributed by atoms with Gasteiger partial charge in [0.2, 0.25) is 15.9 Å². The Kier molecular flexibility index (Phi) is 6.22. The van der Waals surface area contributed by atoms with E-state index in [0.29, 0.717) is 35.9 Å². The summed E-state index contributed by atoms with van der Waals surface area (Å²) in [7, 11) is -3.54. The van der Waals surface area contributed by atoms with Crippen molar-refractivity contribution in [3.63, 3.8) is 0 Å². The number of carbonyl (C=O) groups is 2. The first-order valence-corrected chi connectivity index (χ1v) is 13.9. The number of hydrogen-bond donors (Lipinski definition) is 1. The molecule has 1 amide bonds. The third-order valence-corrected chi connectivity index (χ3v) is 9.21. The van der Waals surface area contributed by atoms with Gasteiger partial charge >= 0.3 is 0 Å². The minimum absolute atomic E-state index is 0.0461. The lowest BCUT2D eigenvalue weighted by Crippen LogP contribution is -2.35. The van der Waals surface area contributed by atoms with Crippen LogP contribution in [0.3, 0.4) is 0 Å². The second-order valence-corrected chi connectivity index (χ2v) is 11.4. The van der Waals surface area contributed by atoms with E-state index in [4.69, 9.17) is 0 Å². The van der Waals surface area contributed by atoms with E-state index < -0.39 is 10.0 Å². The number of imidazole rings is 1. The topological polar surface area (TPSA) is 101 Å². The van der Waals surface area contributed by atoms with Crippen LogP contribution in [0.4, 0.5) is 5.69 Å². The fourth-order valence-electron chi connectivity index (χ4n) is 4.53. The zero-order chi connectivity index (χ0) is 23.9. The van der Waals surface area contributed by atoms with E-state index in [1.54, 1.807) is 40.7 Å². The van der Waals surface area contributed by atoms with Gasteiger partial charge < -0.3 is 9.88 Å². The van der Waals surface area contributed by atoms with Gasteiger partial charge in [0.25, 0.3) is 0 Å².